The molecule has 4 fully saturated rings. The molecule has 8 bridgehead atoms. The van der Waals surface area contributed by atoms with E-state index in [1.807, 2.05) is 99.6 Å². The number of nitrogens with one attached hydrogen (secondary N) is 2. The molecule has 14 heterocycles. The SMILES string of the molecule is C=CCN1[C@@H]2c3c(cc(C)c(OC)c3O)C[C@H]1[C@H](C#N)N1C2[C@@H]2SC[C@]3(NCCc4cc(OC(=O)OC(C)(C)C)c(OC)cc43)C(=O)OC[C@H]1c1c3c(c(C)c(O)c12)OCO3.C=CCN1[C@@H]2c3c(cc(C)c(OC)c3O)C[C@H]1[C@H](C#N)N1C2[C@@H]2SC[C@]3(NCCc4cc(OC(=O)OC(C)(C)C)c(OC)cc43)C(=O)OC[C@H]1c1c3c(c(C)c(OC(=O)/C=C/c4ccccc4)c12)OCO3.O=C(Cl)/C=C/c1ccccc1. The Labute approximate surface area is 841 Å². The molecule has 32 nitrogen and oxygen atoms in total. The second kappa shape index (κ2) is 39.9. The van der Waals surface area contributed by atoms with E-state index in [0.717, 1.165) is 44.5 Å². The number of phenols is 3. The highest BCUT2D eigenvalue weighted by Gasteiger charge is 2.66. The molecule has 0 radical (unpaired) electrons. The molecule has 14 atom stereocenters. The Hall–Kier alpha value is -13.1. The number of carbonyl (C=O) groups excluding carboxylic acids is 6. The van der Waals surface area contributed by atoms with Gasteiger partial charge in [0.05, 0.1) is 75.2 Å². The topological polar surface area (TPSA) is 386 Å². The first kappa shape index (κ1) is 100.0. The van der Waals surface area contributed by atoms with Crippen LogP contribution in [0.25, 0.3) is 12.2 Å². The number of rotatable bonds is 15. The summed E-state index contributed by atoms with van der Waals surface area (Å²) in [4.78, 5) is 89.4. The Morgan fingerprint density at radius 2 is 0.937 bits per heavy atom. The van der Waals surface area contributed by atoms with Crippen molar-refractivity contribution in [3.05, 3.63) is 235 Å². The van der Waals surface area contributed by atoms with Gasteiger partial charge in [-0.15, -0.1) is 36.7 Å². The van der Waals surface area contributed by atoms with Gasteiger partial charge in [0.25, 0.3) is 0 Å². The van der Waals surface area contributed by atoms with Gasteiger partial charge in [-0.25, -0.2) is 24.0 Å². The van der Waals surface area contributed by atoms with Crippen molar-refractivity contribution in [2.24, 2.45) is 0 Å². The average Bonchev–Trinajstić information content (AvgIpc) is 1.58. The Bertz CT molecular complexity index is 6630. The molecule has 4 saturated heterocycles. The molecular weight excluding hydrogens is 1890 g/mol. The maximum absolute atomic E-state index is 15.3. The van der Waals surface area contributed by atoms with Crippen LogP contribution in [0, 0.1) is 50.4 Å². The predicted octanol–water partition coefficient (Wildman–Crippen LogP) is 16.2. The molecule has 143 heavy (non-hydrogen) atoms. The molecule has 2 spiro atoms. The van der Waals surface area contributed by atoms with Crippen molar-refractivity contribution in [3.8, 4) is 92.6 Å². The lowest BCUT2D eigenvalue weighted by molar-refractivity contribution is -0.158. The van der Waals surface area contributed by atoms with Crippen LogP contribution < -0.4 is 62.7 Å². The van der Waals surface area contributed by atoms with Gasteiger partial charge in [0.2, 0.25) is 18.8 Å². The van der Waals surface area contributed by atoms with Crippen LogP contribution >= 0.6 is 35.1 Å². The number of hydrogen-bond donors (Lipinski definition) is 5. The van der Waals surface area contributed by atoms with E-state index < -0.39 is 123 Å². The summed E-state index contributed by atoms with van der Waals surface area (Å²) in [5, 5.41) is 65.1. The number of piperazine rings is 2. The monoisotopic (exact) mass is 2000 g/mol. The summed E-state index contributed by atoms with van der Waals surface area (Å²) in [5.74, 6) is 1.76. The van der Waals surface area contributed by atoms with E-state index in [1.54, 1.807) is 91.0 Å². The van der Waals surface area contributed by atoms with Crippen LogP contribution in [0.15, 0.2) is 135 Å². The molecule has 22 rings (SSSR count). The third-order valence-corrected chi connectivity index (χ3v) is 31.6. The zero-order chi connectivity index (χ0) is 101. The molecule has 0 saturated carbocycles. The number of esters is 3. The second-order valence-electron chi connectivity index (χ2n) is 39.0. The minimum Gasteiger partial charge on any atom is -0.507 e. The van der Waals surface area contributed by atoms with E-state index in [9.17, 15) is 49.8 Å². The molecule has 5 N–H and O–H groups in total. The van der Waals surface area contributed by atoms with Crippen molar-refractivity contribution < 1.29 is 115 Å². The lowest BCUT2D eigenvalue weighted by atomic mass is 9.71. The molecule has 0 amide bonds. The van der Waals surface area contributed by atoms with Crippen LogP contribution in [-0.4, -0.2) is 211 Å². The average molecular weight is 2010 g/mol. The Balaban J connectivity index is 0.000000171. The Morgan fingerprint density at radius 3 is 1.35 bits per heavy atom. The number of aromatic hydroxyl groups is 3. The van der Waals surface area contributed by atoms with Crippen molar-refractivity contribution in [1.82, 2.24) is 30.2 Å². The Morgan fingerprint density at radius 1 is 0.517 bits per heavy atom. The minimum absolute atomic E-state index is 0.00426. The molecule has 0 aliphatic carbocycles. The lowest BCUT2D eigenvalue weighted by Crippen LogP contribution is -2.70. The maximum Gasteiger partial charge on any atom is 0.514 e. The number of methoxy groups -OCH3 is 4. The number of thioether (sulfide) groups is 2. The summed E-state index contributed by atoms with van der Waals surface area (Å²) in [7, 11) is 5.97. The Kier molecular flexibility index (Phi) is 27.9. The first-order valence-corrected chi connectivity index (χ1v) is 49.7. The largest absolute Gasteiger partial charge is 0.514 e. The van der Waals surface area contributed by atoms with Crippen LogP contribution in [0.1, 0.15) is 176 Å². The highest BCUT2D eigenvalue weighted by molar-refractivity contribution is 7.99. The molecule has 14 aliphatic heterocycles. The number of allylic oxidation sites excluding steroid dienone is 1. The summed E-state index contributed by atoms with van der Waals surface area (Å²) >= 11 is 7.99. The van der Waals surface area contributed by atoms with E-state index in [0.29, 0.717) is 142 Å². The first-order valence-electron chi connectivity index (χ1n) is 47.3. The zero-order valence-corrected chi connectivity index (χ0v) is 84.1. The number of hydrogen-bond acceptors (Lipinski definition) is 34. The van der Waals surface area contributed by atoms with Crippen LogP contribution in [0.4, 0.5) is 9.59 Å². The van der Waals surface area contributed by atoms with Crippen LogP contribution in [-0.2, 0) is 74.9 Å². The number of fused-ring (bicyclic) bond motifs is 18. The third-order valence-electron chi connectivity index (χ3n) is 28.5. The van der Waals surface area contributed by atoms with Gasteiger partial charge in [-0.3, -0.25) is 35.0 Å². The first-order chi connectivity index (χ1) is 68.6. The minimum atomic E-state index is -1.50. The summed E-state index contributed by atoms with van der Waals surface area (Å²) in [6, 6.07) is 28.9. The van der Waals surface area contributed by atoms with Gasteiger partial charge < -0.3 is 86.4 Å². The second-order valence-corrected chi connectivity index (χ2v) is 41.6. The van der Waals surface area contributed by atoms with E-state index in [2.05, 4.69) is 55.5 Å². The summed E-state index contributed by atoms with van der Waals surface area (Å²) in [6.45, 7) is 27.0. The summed E-state index contributed by atoms with van der Waals surface area (Å²) in [5.41, 5.74) is 7.97. The number of nitriles is 2. The molecule has 8 aromatic rings. The van der Waals surface area contributed by atoms with Gasteiger partial charge in [0.15, 0.2) is 80.1 Å². The van der Waals surface area contributed by atoms with Crippen molar-refractivity contribution >= 4 is 82.7 Å². The van der Waals surface area contributed by atoms with Gasteiger partial charge in [-0.05, 0) is 199 Å². The van der Waals surface area contributed by atoms with Crippen LogP contribution in [0.3, 0.4) is 0 Å². The fourth-order valence-electron chi connectivity index (χ4n) is 22.9. The van der Waals surface area contributed by atoms with Crippen molar-refractivity contribution in [2.75, 3.05) is 92.9 Å². The number of ether oxygens (including phenoxy) is 15. The molecule has 748 valence electrons. The van der Waals surface area contributed by atoms with Crippen molar-refractivity contribution in [1.29, 1.82) is 10.5 Å². The molecule has 2 unspecified atom stereocenters. The van der Waals surface area contributed by atoms with Gasteiger partial charge in [0.1, 0.15) is 48.0 Å². The van der Waals surface area contributed by atoms with Gasteiger partial charge in [0, 0.05) is 112 Å². The fraction of sp³-hybridized carbons (Fsp3) is 0.407. The van der Waals surface area contributed by atoms with Gasteiger partial charge >= 0.3 is 30.2 Å². The summed E-state index contributed by atoms with van der Waals surface area (Å²) < 4.78 is 89.9. The van der Waals surface area contributed by atoms with Crippen LogP contribution in [0.5, 0.6) is 80.5 Å². The normalized spacial score (nSPS) is 25.0. The standard InChI is InChI=1S/C54H56N4O12S.C45H50N4O11S.C9H7ClO/c1-9-19-57-34-21-32-20-28(2)46(64-8)45(60)40(32)43(57)44-50-42-41(49-48(66-27-67-49)29(3)47(42)69-39(59)16-15-30-13-11-10-12-14-30)36(58(44)35(34)24-55)25-65-51(61)54(26-71-50)33-23-37(63-7)38(22-31(33)17-18-56-54)68-52(62)70-53(4,5)6;1-9-12-48-26-14-24-13-21(2)38(55-8)37(51)31(24)34(48)35-41-33-32(40-39(57-20-58-40)22(3)36(33)50)28(49(35)27(26)17-46)18-56-42(52)45(19-61-41)25-16-29(54-7)30(15-23(25)10-11-47-45)59-43(53)60-44(4,5)6;10-9(11)7-6-8-4-2-1-3-5-8/h9-16,20,22-23,34-36,43-44,50,56,60H,1,17-19,21,25-27H2,2-8H3;9,13,15-16,26-28,34-35,41,47,50-51H,1,10-12,14,18-20H2,2-8H3;1-7H/b16-15+;;7-6+/t34-,35-,36-,43+,44?,50+,54+;26-,27-,28-,34+,35?,41+,45+;/m00./s1. The number of nitrogens with zero attached hydrogens (tertiary/aromatic N) is 6. The molecular formula is C108H113ClN8O24S2. The molecule has 14 aliphatic rings. The number of phenolic OH excluding ortho intramolecular Hbond substituents is 3. The lowest BCUT2D eigenvalue weighted by Gasteiger charge is -2.62. The van der Waals surface area contributed by atoms with Gasteiger partial charge in [-0.1, -0.05) is 91.0 Å². The highest BCUT2D eigenvalue weighted by Crippen LogP contribution is 2.68. The number of carbonyl (C=O) groups is 6. The third kappa shape index (κ3) is 17.9. The highest BCUT2D eigenvalue weighted by atomic mass is 35.5. The zero-order valence-electron chi connectivity index (χ0n) is 81.7. The molecule has 0 aromatic heterocycles. The quantitative estimate of drug-likeness (QED) is 0.0121. The van der Waals surface area contributed by atoms with E-state index in [1.165, 1.54) is 64.1 Å². The maximum atomic E-state index is 15.3. The van der Waals surface area contributed by atoms with E-state index >= 15 is 4.79 Å². The number of aryl methyl sites for hydroxylation is 2. The number of benzene rings is 8. The van der Waals surface area contributed by atoms with Gasteiger partial charge in [-0.2, -0.15) is 10.5 Å². The van der Waals surface area contributed by atoms with Crippen molar-refractivity contribution in [2.45, 2.75) is 188 Å². The molecule has 8 aromatic carbocycles. The smallest absolute Gasteiger partial charge is 0.507 e. The summed E-state index contributed by atoms with van der Waals surface area (Å²) in [6.07, 6.45) is 9.73. The predicted molar refractivity (Wildman–Crippen MR) is 531 cm³/mol. The fourth-order valence-corrected chi connectivity index (χ4v) is 26.4. The van der Waals surface area contributed by atoms with E-state index in [4.69, 9.17) is 82.7 Å². The van der Waals surface area contributed by atoms with Crippen LogP contribution in [0.2, 0.25) is 0 Å². The van der Waals surface area contributed by atoms with E-state index in [-0.39, 0.29) is 90.3 Å². The van der Waals surface area contributed by atoms with Crippen molar-refractivity contribution in [3.63, 3.8) is 0 Å². The molecule has 35 heteroatoms. The number of halogens is 1.